The summed E-state index contributed by atoms with van der Waals surface area (Å²) in [7, 11) is 2.84. The molecule has 3 rings (SSSR count). The van der Waals surface area contributed by atoms with Crippen molar-refractivity contribution in [1.29, 1.82) is 0 Å². The van der Waals surface area contributed by atoms with Crippen molar-refractivity contribution in [2.75, 3.05) is 14.2 Å². The van der Waals surface area contributed by atoms with Gasteiger partial charge in [0.15, 0.2) is 11.5 Å². The average Bonchev–Trinajstić information content (AvgIpc) is 3.05. The van der Waals surface area contributed by atoms with Crippen molar-refractivity contribution in [1.82, 2.24) is 4.90 Å². The van der Waals surface area contributed by atoms with E-state index in [1.807, 2.05) is 37.3 Å². The van der Waals surface area contributed by atoms with Gasteiger partial charge in [-0.05, 0) is 43.2 Å². The third-order valence-electron chi connectivity index (χ3n) is 4.75. The second kappa shape index (κ2) is 9.98. The molecule has 2 aromatic carbocycles. The number of hydrogen-bond donors (Lipinski definition) is 0. The summed E-state index contributed by atoms with van der Waals surface area (Å²) in [6, 6.07) is 12.8. The minimum absolute atomic E-state index is 0.319. The molecule has 0 radical (unpaired) electrons. The van der Waals surface area contributed by atoms with Crippen LogP contribution in [0.5, 0.6) is 11.5 Å². The van der Waals surface area contributed by atoms with Gasteiger partial charge in [-0.2, -0.15) is 0 Å². The first-order chi connectivity index (χ1) is 14.8. The molecule has 0 saturated carbocycles. The van der Waals surface area contributed by atoms with Crippen molar-refractivity contribution in [3.63, 3.8) is 0 Å². The topological polar surface area (TPSA) is 65.1 Å². The number of thioether (sulfide) groups is 1. The van der Waals surface area contributed by atoms with Crippen molar-refractivity contribution >= 4 is 46.3 Å². The molecule has 1 amide bonds. The van der Waals surface area contributed by atoms with Gasteiger partial charge in [-0.25, -0.2) is 4.79 Å². The zero-order chi connectivity index (χ0) is 22.5. The first-order valence-corrected chi connectivity index (χ1v) is 10.8. The Balaban J connectivity index is 1.76. The first kappa shape index (κ1) is 22.8. The summed E-state index contributed by atoms with van der Waals surface area (Å²) in [5, 5.41) is 0. The lowest BCUT2D eigenvalue weighted by molar-refractivity contribution is -0.147. The Morgan fingerprint density at radius 3 is 2.52 bits per heavy atom. The number of hydrogen-bond acceptors (Lipinski definition) is 7. The van der Waals surface area contributed by atoms with Crippen LogP contribution in [0.25, 0.3) is 6.08 Å². The predicted octanol–water partition coefficient (Wildman–Crippen LogP) is 4.35. The minimum atomic E-state index is -0.782. The van der Waals surface area contributed by atoms with Crippen LogP contribution in [0.1, 0.15) is 23.6 Å². The lowest BCUT2D eigenvalue weighted by atomic mass is 10.1. The van der Waals surface area contributed by atoms with Crippen LogP contribution in [0, 0.1) is 6.92 Å². The SMILES string of the molecule is COC(=O)C(C)N1C(=O)C(=Cc2ccc(OCc3ccc(C)cc3)c(OC)c2)SC1=S. The van der Waals surface area contributed by atoms with Gasteiger partial charge in [-0.3, -0.25) is 9.69 Å². The Morgan fingerprint density at radius 1 is 1.16 bits per heavy atom. The molecular weight excluding hydrogens is 434 g/mol. The number of nitrogens with zero attached hydrogens (tertiary/aromatic N) is 1. The van der Waals surface area contributed by atoms with Crippen LogP contribution >= 0.6 is 24.0 Å². The van der Waals surface area contributed by atoms with E-state index < -0.39 is 12.0 Å². The maximum atomic E-state index is 12.8. The molecule has 1 saturated heterocycles. The van der Waals surface area contributed by atoms with Gasteiger partial charge in [0.2, 0.25) is 0 Å². The lowest BCUT2D eigenvalue weighted by Gasteiger charge is -2.20. The molecule has 8 heteroatoms. The van der Waals surface area contributed by atoms with Crippen LogP contribution in [-0.4, -0.2) is 41.4 Å². The summed E-state index contributed by atoms with van der Waals surface area (Å²) < 4.78 is 16.4. The summed E-state index contributed by atoms with van der Waals surface area (Å²) in [5.41, 5.74) is 3.00. The number of aryl methyl sites for hydroxylation is 1. The van der Waals surface area contributed by atoms with Crippen LogP contribution in [-0.2, 0) is 20.9 Å². The Morgan fingerprint density at radius 2 is 1.87 bits per heavy atom. The Hall–Kier alpha value is -2.84. The molecule has 162 valence electrons. The molecule has 31 heavy (non-hydrogen) atoms. The average molecular weight is 458 g/mol. The number of esters is 1. The Labute approximate surface area is 191 Å². The van der Waals surface area contributed by atoms with Gasteiger partial charge in [-0.15, -0.1) is 0 Å². The van der Waals surface area contributed by atoms with E-state index in [0.717, 1.165) is 22.9 Å². The second-order valence-electron chi connectivity index (χ2n) is 6.94. The first-order valence-electron chi connectivity index (χ1n) is 9.55. The van der Waals surface area contributed by atoms with E-state index in [1.54, 1.807) is 32.2 Å². The van der Waals surface area contributed by atoms with Gasteiger partial charge in [0.25, 0.3) is 5.91 Å². The minimum Gasteiger partial charge on any atom is -0.493 e. The molecule has 0 aliphatic carbocycles. The van der Waals surface area contributed by atoms with Gasteiger partial charge in [0, 0.05) is 0 Å². The van der Waals surface area contributed by atoms with E-state index in [0.29, 0.717) is 27.3 Å². The molecule has 6 nitrogen and oxygen atoms in total. The number of carbonyl (C=O) groups excluding carboxylic acids is 2. The summed E-state index contributed by atoms with van der Waals surface area (Å²) in [6.45, 7) is 4.04. The second-order valence-corrected chi connectivity index (χ2v) is 8.61. The zero-order valence-corrected chi connectivity index (χ0v) is 19.3. The highest BCUT2D eigenvalue weighted by Gasteiger charge is 2.38. The summed E-state index contributed by atoms with van der Waals surface area (Å²) in [5.74, 6) is 0.312. The summed E-state index contributed by atoms with van der Waals surface area (Å²) in [4.78, 5) is 26.3. The van der Waals surface area contributed by atoms with E-state index in [2.05, 4.69) is 0 Å². The van der Waals surface area contributed by atoms with Crippen LogP contribution in [0.2, 0.25) is 0 Å². The largest absolute Gasteiger partial charge is 0.493 e. The summed E-state index contributed by atoms with van der Waals surface area (Å²) in [6.07, 6.45) is 1.72. The zero-order valence-electron chi connectivity index (χ0n) is 17.7. The molecule has 0 N–H and O–H groups in total. The molecule has 0 bridgehead atoms. The third kappa shape index (κ3) is 5.26. The normalized spacial score (nSPS) is 15.9. The van der Waals surface area contributed by atoms with Gasteiger partial charge >= 0.3 is 5.97 Å². The van der Waals surface area contributed by atoms with Crippen molar-refractivity contribution in [2.45, 2.75) is 26.5 Å². The van der Waals surface area contributed by atoms with E-state index in [9.17, 15) is 9.59 Å². The maximum absolute atomic E-state index is 12.8. The number of benzene rings is 2. The molecule has 1 aliphatic heterocycles. The number of amides is 1. The smallest absolute Gasteiger partial charge is 0.328 e. The van der Waals surface area contributed by atoms with E-state index in [4.69, 9.17) is 26.4 Å². The fourth-order valence-corrected chi connectivity index (χ4v) is 4.40. The van der Waals surface area contributed by atoms with Gasteiger partial charge < -0.3 is 14.2 Å². The molecule has 1 atom stereocenters. The van der Waals surface area contributed by atoms with Crippen LogP contribution in [0.4, 0.5) is 0 Å². The predicted molar refractivity (Wildman–Crippen MR) is 125 cm³/mol. The molecule has 0 aromatic heterocycles. The number of ether oxygens (including phenoxy) is 3. The van der Waals surface area contributed by atoms with Crippen LogP contribution < -0.4 is 9.47 Å². The Bertz CT molecular complexity index is 1030. The fourth-order valence-electron chi connectivity index (χ4n) is 2.98. The maximum Gasteiger partial charge on any atom is 0.328 e. The highest BCUT2D eigenvalue weighted by atomic mass is 32.2. The lowest BCUT2D eigenvalue weighted by Crippen LogP contribution is -2.42. The van der Waals surface area contributed by atoms with Gasteiger partial charge in [0.05, 0.1) is 19.1 Å². The molecular formula is C23H23NO5S2. The third-order valence-corrected chi connectivity index (χ3v) is 6.08. The van der Waals surface area contributed by atoms with E-state index >= 15 is 0 Å². The molecule has 1 aliphatic rings. The van der Waals surface area contributed by atoms with Gasteiger partial charge in [0.1, 0.15) is 17.0 Å². The van der Waals surface area contributed by atoms with Crippen molar-refractivity contribution in [2.24, 2.45) is 0 Å². The van der Waals surface area contributed by atoms with Crippen molar-refractivity contribution in [3.05, 3.63) is 64.1 Å². The van der Waals surface area contributed by atoms with E-state index in [-0.39, 0.29) is 5.91 Å². The molecule has 1 fully saturated rings. The fraction of sp³-hybridized carbons (Fsp3) is 0.261. The van der Waals surface area contributed by atoms with Crippen LogP contribution in [0.3, 0.4) is 0 Å². The number of methoxy groups -OCH3 is 2. The van der Waals surface area contributed by atoms with Crippen molar-refractivity contribution in [3.8, 4) is 11.5 Å². The summed E-state index contributed by atoms with van der Waals surface area (Å²) >= 11 is 6.44. The quantitative estimate of drug-likeness (QED) is 0.348. The number of rotatable bonds is 7. The molecule has 1 unspecified atom stereocenters. The highest BCUT2D eigenvalue weighted by Crippen LogP contribution is 2.36. The standard InChI is InChI=1S/C23H23NO5S2/c1-14-5-7-16(8-6-14)13-29-18-10-9-17(11-19(18)27-3)12-20-21(25)24(23(30)31-20)15(2)22(26)28-4/h5-12,15H,13H2,1-4H3. The molecule has 0 spiro atoms. The number of thiocarbonyl (C=S) groups is 1. The molecule has 2 aromatic rings. The van der Waals surface area contributed by atoms with Crippen LogP contribution in [0.15, 0.2) is 47.4 Å². The van der Waals surface area contributed by atoms with Crippen molar-refractivity contribution < 1.29 is 23.8 Å². The highest BCUT2D eigenvalue weighted by molar-refractivity contribution is 8.26. The number of carbonyl (C=O) groups is 2. The van der Waals surface area contributed by atoms with E-state index in [1.165, 1.54) is 17.6 Å². The molecule has 1 heterocycles. The monoisotopic (exact) mass is 457 g/mol. The Kier molecular flexibility index (Phi) is 7.35. The van der Waals surface area contributed by atoms with Gasteiger partial charge in [-0.1, -0.05) is 59.9 Å².